The summed E-state index contributed by atoms with van der Waals surface area (Å²) in [7, 11) is 1.82. The predicted molar refractivity (Wildman–Crippen MR) is 67.8 cm³/mol. The predicted octanol–water partition coefficient (Wildman–Crippen LogP) is 3.51. The number of pyridine rings is 1. The lowest BCUT2D eigenvalue weighted by Crippen LogP contribution is -2.18. The van der Waals surface area contributed by atoms with Gasteiger partial charge >= 0.3 is 0 Å². The van der Waals surface area contributed by atoms with Crippen LogP contribution in [-0.4, -0.2) is 12.0 Å². The van der Waals surface area contributed by atoms with Gasteiger partial charge in [0.05, 0.1) is 5.69 Å². The van der Waals surface area contributed by atoms with Gasteiger partial charge in [-0.3, -0.25) is 0 Å². The van der Waals surface area contributed by atoms with Gasteiger partial charge in [-0.25, -0.2) is 9.37 Å². The van der Waals surface area contributed by atoms with Crippen LogP contribution in [0, 0.1) is 5.82 Å². The number of rotatable bonds is 3. The summed E-state index contributed by atoms with van der Waals surface area (Å²) in [6.45, 7) is 0.521. The SMILES string of the molecule is CN(Cc1cccnc1Cl)c1ccccc1F. The third kappa shape index (κ3) is 2.74. The van der Waals surface area contributed by atoms with Gasteiger partial charge in [-0.1, -0.05) is 29.8 Å². The first kappa shape index (κ1) is 11.9. The zero-order valence-electron chi connectivity index (χ0n) is 9.40. The number of benzene rings is 1. The van der Waals surface area contributed by atoms with E-state index in [9.17, 15) is 4.39 Å². The molecule has 0 spiro atoms. The zero-order valence-corrected chi connectivity index (χ0v) is 10.2. The summed E-state index contributed by atoms with van der Waals surface area (Å²) in [5.41, 5.74) is 1.42. The molecule has 1 aromatic heterocycles. The number of aromatic nitrogens is 1. The summed E-state index contributed by atoms with van der Waals surface area (Å²) < 4.78 is 13.6. The first-order chi connectivity index (χ1) is 8.18. The molecule has 0 aliphatic rings. The number of anilines is 1. The van der Waals surface area contributed by atoms with Crippen LogP contribution in [-0.2, 0) is 6.54 Å². The van der Waals surface area contributed by atoms with E-state index in [1.165, 1.54) is 6.07 Å². The topological polar surface area (TPSA) is 16.1 Å². The van der Waals surface area contributed by atoms with Crippen molar-refractivity contribution in [3.8, 4) is 0 Å². The maximum absolute atomic E-state index is 13.6. The van der Waals surface area contributed by atoms with Crippen molar-refractivity contribution in [1.82, 2.24) is 4.98 Å². The van der Waals surface area contributed by atoms with Crippen molar-refractivity contribution in [1.29, 1.82) is 0 Å². The van der Waals surface area contributed by atoms with E-state index in [1.807, 2.05) is 19.2 Å². The van der Waals surface area contributed by atoms with E-state index in [0.29, 0.717) is 17.4 Å². The van der Waals surface area contributed by atoms with E-state index in [0.717, 1.165) is 5.56 Å². The average molecular weight is 251 g/mol. The van der Waals surface area contributed by atoms with Crippen LogP contribution in [0.5, 0.6) is 0 Å². The van der Waals surface area contributed by atoms with Gasteiger partial charge in [-0.05, 0) is 18.2 Å². The smallest absolute Gasteiger partial charge is 0.146 e. The quantitative estimate of drug-likeness (QED) is 0.775. The van der Waals surface area contributed by atoms with E-state index in [1.54, 1.807) is 29.3 Å². The molecular weight excluding hydrogens is 239 g/mol. The van der Waals surface area contributed by atoms with Crippen LogP contribution in [0.3, 0.4) is 0 Å². The fourth-order valence-electron chi connectivity index (χ4n) is 1.64. The molecule has 0 radical (unpaired) electrons. The summed E-state index contributed by atoms with van der Waals surface area (Å²) in [6.07, 6.45) is 1.63. The molecule has 0 saturated heterocycles. The Bertz CT molecular complexity index is 516. The summed E-state index contributed by atoms with van der Waals surface area (Å²) in [5.74, 6) is -0.241. The molecular formula is C13H12ClFN2. The molecule has 17 heavy (non-hydrogen) atoms. The van der Waals surface area contributed by atoms with Gasteiger partial charge in [0.25, 0.3) is 0 Å². The Hall–Kier alpha value is -1.61. The maximum atomic E-state index is 13.6. The molecule has 4 heteroatoms. The van der Waals surface area contributed by atoms with Gasteiger partial charge in [-0.2, -0.15) is 0 Å². The maximum Gasteiger partial charge on any atom is 0.146 e. The Labute approximate surface area is 105 Å². The summed E-state index contributed by atoms with van der Waals surface area (Å²) in [5, 5.41) is 0.454. The van der Waals surface area contributed by atoms with Crippen LogP contribution in [0.2, 0.25) is 5.15 Å². The molecule has 0 saturated carbocycles. The van der Waals surface area contributed by atoms with E-state index in [-0.39, 0.29) is 5.82 Å². The van der Waals surface area contributed by atoms with Crippen molar-refractivity contribution >= 4 is 17.3 Å². The molecule has 0 amide bonds. The molecule has 1 aromatic carbocycles. The normalized spacial score (nSPS) is 10.3. The first-order valence-corrected chi connectivity index (χ1v) is 5.61. The van der Waals surface area contributed by atoms with Crippen LogP contribution in [0.15, 0.2) is 42.6 Å². The Balaban J connectivity index is 2.20. The number of hydrogen-bond donors (Lipinski definition) is 0. The van der Waals surface area contributed by atoms with E-state index in [4.69, 9.17) is 11.6 Å². The van der Waals surface area contributed by atoms with E-state index in [2.05, 4.69) is 4.98 Å². The number of nitrogens with zero attached hydrogens (tertiary/aromatic N) is 2. The number of hydrogen-bond acceptors (Lipinski definition) is 2. The molecule has 2 nitrogen and oxygen atoms in total. The van der Waals surface area contributed by atoms with Gasteiger partial charge in [0, 0.05) is 25.4 Å². The fourth-order valence-corrected chi connectivity index (χ4v) is 1.82. The average Bonchev–Trinajstić information content (AvgIpc) is 2.32. The standard InChI is InChI=1S/C13H12ClFN2/c1-17(12-7-3-2-6-11(12)15)9-10-5-4-8-16-13(10)14/h2-8H,9H2,1H3. The molecule has 0 aliphatic heterocycles. The number of halogens is 2. The van der Waals surface area contributed by atoms with Crippen molar-refractivity contribution in [2.24, 2.45) is 0 Å². The third-order valence-electron chi connectivity index (χ3n) is 2.51. The minimum absolute atomic E-state index is 0.241. The lowest BCUT2D eigenvalue weighted by atomic mass is 10.2. The van der Waals surface area contributed by atoms with Crippen molar-refractivity contribution < 1.29 is 4.39 Å². The van der Waals surface area contributed by atoms with Crippen LogP contribution < -0.4 is 4.90 Å². The number of para-hydroxylation sites is 1. The van der Waals surface area contributed by atoms with Gasteiger partial charge in [0.2, 0.25) is 0 Å². The fraction of sp³-hybridized carbons (Fsp3) is 0.154. The summed E-state index contributed by atoms with van der Waals surface area (Å²) in [6, 6.07) is 10.4. The third-order valence-corrected chi connectivity index (χ3v) is 2.85. The summed E-state index contributed by atoms with van der Waals surface area (Å²) >= 11 is 5.96. The van der Waals surface area contributed by atoms with Crippen molar-refractivity contribution in [2.75, 3.05) is 11.9 Å². The van der Waals surface area contributed by atoms with Gasteiger partial charge in [-0.15, -0.1) is 0 Å². The van der Waals surface area contributed by atoms with Gasteiger partial charge in [0.15, 0.2) is 0 Å². The van der Waals surface area contributed by atoms with Crippen molar-refractivity contribution in [3.05, 3.63) is 59.1 Å². The van der Waals surface area contributed by atoms with E-state index >= 15 is 0 Å². The molecule has 0 N–H and O–H groups in total. The second-order valence-electron chi connectivity index (χ2n) is 3.76. The lowest BCUT2D eigenvalue weighted by Gasteiger charge is -2.20. The molecule has 0 bridgehead atoms. The summed E-state index contributed by atoms with van der Waals surface area (Å²) in [4.78, 5) is 5.80. The van der Waals surface area contributed by atoms with Crippen LogP contribution in [0.1, 0.15) is 5.56 Å². The Morgan fingerprint density at radius 3 is 2.71 bits per heavy atom. The molecule has 0 unspecified atom stereocenters. The first-order valence-electron chi connectivity index (χ1n) is 5.23. The highest BCUT2D eigenvalue weighted by molar-refractivity contribution is 6.30. The second-order valence-corrected chi connectivity index (χ2v) is 4.12. The van der Waals surface area contributed by atoms with Crippen LogP contribution in [0.4, 0.5) is 10.1 Å². The highest BCUT2D eigenvalue weighted by Gasteiger charge is 2.09. The van der Waals surface area contributed by atoms with Crippen molar-refractivity contribution in [3.63, 3.8) is 0 Å². The Morgan fingerprint density at radius 1 is 1.24 bits per heavy atom. The molecule has 2 aromatic rings. The van der Waals surface area contributed by atoms with Crippen molar-refractivity contribution in [2.45, 2.75) is 6.54 Å². The largest absolute Gasteiger partial charge is 0.368 e. The Morgan fingerprint density at radius 2 is 2.00 bits per heavy atom. The lowest BCUT2D eigenvalue weighted by molar-refractivity contribution is 0.622. The van der Waals surface area contributed by atoms with Crippen LogP contribution >= 0.6 is 11.6 Å². The van der Waals surface area contributed by atoms with E-state index < -0.39 is 0 Å². The van der Waals surface area contributed by atoms with Crippen LogP contribution in [0.25, 0.3) is 0 Å². The minimum Gasteiger partial charge on any atom is -0.368 e. The molecule has 0 aliphatic carbocycles. The highest BCUT2D eigenvalue weighted by Crippen LogP contribution is 2.21. The molecule has 2 rings (SSSR count). The van der Waals surface area contributed by atoms with Gasteiger partial charge < -0.3 is 4.90 Å². The molecule has 1 heterocycles. The second kappa shape index (κ2) is 5.15. The molecule has 0 fully saturated rings. The van der Waals surface area contributed by atoms with Gasteiger partial charge in [0.1, 0.15) is 11.0 Å². The highest BCUT2D eigenvalue weighted by atomic mass is 35.5. The molecule has 0 atom stereocenters. The zero-order chi connectivity index (χ0) is 12.3. The minimum atomic E-state index is -0.241. The Kier molecular flexibility index (Phi) is 3.59. The monoisotopic (exact) mass is 250 g/mol. The molecule has 88 valence electrons.